The second kappa shape index (κ2) is 39.0. The van der Waals surface area contributed by atoms with Gasteiger partial charge in [0.1, 0.15) is 87.5 Å². The standard InChI is InChI=1S/C28H26F3NO5S.2C28H29NO5S.C27H27NO5S/c1-26(2,3)37-25(35)32-12-10-27(11-13-32)15-38-24-22(34)21(33)18-9-8-16(14-19(18)23(24)36-27)17-6-4-5-7-20(17)28(29,30)31;1-17-5-7-18(8-6-17)19-9-10-20-21(15-19)24-25(23(31)22(20)30)35-16-28(33-24)11-13-29(14-12-28)26(32)34-27(2,3)4;1-17-6-5-7-18(14-17)19-8-9-20-21(15-19)24-25(23(31)22(20)30)35-16-28(33-24)10-12-29(13-11-28)26(32)34-27(2,3)4;1-26(2,3)33-25(31)28-13-11-27(12-14-28)16-34-24-22(30)21(29)19-10-9-18(15-20(19)23(24)32-27)17-7-5-4-6-8-17/h4-9,14H,10-13,15H2,1-3H3;5-10,15H,11-14,16H2,1-4H3;5-9,14-15H,10-13,16H2,1-4H3;4-10,15H,11-14,16H2,1-3H3. The van der Waals surface area contributed by atoms with Crippen LogP contribution in [0.25, 0.3) is 67.5 Å². The Kier molecular flexibility index (Phi) is 27.8. The zero-order chi connectivity index (χ0) is 101. The third-order valence-electron chi connectivity index (χ3n) is 26.4. The van der Waals surface area contributed by atoms with Crippen LogP contribution in [0.1, 0.15) is 215 Å². The van der Waals surface area contributed by atoms with Gasteiger partial charge in [-0.15, -0.1) is 47.0 Å². The van der Waals surface area contributed by atoms with E-state index in [0.29, 0.717) is 198 Å². The second-order valence-electron chi connectivity index (χ2n) is 41.6. The summed E-state index contributed by atoms with van der Waals surface area (Å²) < 4.78 is 89.4. The number of ketones is 8. The van der Waals surface area contributed by atoms with Gasteiger partial charge in [0.25, 0.3) is 0 Å². The summed E-state index contributed by atoms with van der Waals surface area (Å²) in [6.07, 6.45) is -1.19. The van der Waals surface area contributed by atoms with Crippen molar-refractivity contribution < 1.29 is 109 Å². The van der Waals surface area contributed by atoms with E-state index in [4.69, 9.17) is 37.9 Å². The largest absolute Gasteiger partial charge is 0.484 e. The first-order valence-electron chi connectivity index (χ1n) is 47.5. The smallest absolute Gasteiger partial charge is 0.417 e. The van der Waals surface area contributed by atoms with E-state index >= 15 is 0 Å². The number of rotatable bonds is 4. The number of piperidine rings is 4. The van der Waals surface area contributed by atoms with Gasteiger partial charge in [-0.25, -0.2) is 19.2 Å². The number of aryl methyl sites for hydroxylation is 2. The highest BCUT2D eigenvalue weighted by atomic mass is 32.2. The molecule has 4 fully saturated rings. The van der Waals surface area contributed by atoms with Gasteiger partial charge in [0.05, 0.1) is 5.56 Å². The number of hydrogen-bond acceptors (Lipinski definition) is 24. The topological polar surface area (TPSA) is 292 Å². The molecule has 0 saturated carbocycles. The number of amides is 4. The fraction of sp³-hybridized carbons (Fsp3) is 0.387. The third-order valence-corrected chi connectivity index (χ3v) is 31.7. The van der Waals surface area contributed by atoms with Crippen LogP contribution >= 0.6 is 47.0 Å². The third kappa shape index (κ3) is 21.5. The summed E-state index contributed by atoms with van der Waals surface area (Å²) in [4.78, 5) is 161. The molecule has 31 heteroatoms. The minimum Gasteiger partial charge on any atom is -0.484 e. The van der Waals surface area contributed by atoms with E-state index in [-0.39, 0.29) is 45.6 Å². The Bertz CT molecular complexity index is 6680. The van der Waals surface area contributed by atoms with Crippen LogP contribution in [-0.2, 0) is 63.2 Å². The van der Waals surface area contributed by atoms with Gasteiger partial charge in [-0.1, -0.05) is 132 Å². The molecule has 4 saturated heterocycles. The molecular formula is C111H111F3N4O20S4. The molecule has 0 atom stereocenters. The van der Waals surface area contributed by atoms with E-state index in [9.17, 15) is 70.7 Å². The molecule has 0 bridgehead atoms. The minimum atomic E-state index is -4.56. The van der Waals surface area contributed by atoms with E-state index in [2.05, 4.69) is 18.2 Å². The molecule has 0 aromatic heterocycles. The molecule has 4 spiro atoms. The lowest BCUT2D eigenvalue weighted by atomic mass is 9.88. The van der Waals surface area contributed by atoms with Crippen LogP contribution in [0.5, 0.6) is 0 Å². The number of Topliss-reactive ketones (excluding diaryl/α,β-unsaturated/α-hetero) is 8. The molecule has 142 heavy (non-hydrogen) atoms. The fourth-order valence-electron chi connectivity index (χ4n) is 18.8. The number of benzene rings is 8. The molecule has 8 heterocycles. The molecule has 740 valence electrons. The number of thioether (sulfide) groups is 4. The Hall–Kier alpha value is -12.5. The summed E-state index contributed by atoms with van der Waals surface area (Å²) in [5, 5.41) is 0. The molecule has 8 aromatic rings. The zero-order valence-corrected chi connectivity index (χ0v) is 84.9. The molecule has 8 aromatic carbocycles. The van der Waals surface area contributed by atoms with Gasteiger partial charge in [-0.2, -0.15) is 13.2 Å². The summed E-state index contributed by atoms with van der Waals surface area (Å²) in [7, 11) is 0. The molecule has 20 rings (SSSR count). The number of nitrogens with zero attached hydrogens (tertiary/aromatic N) is 4. The number of halogens is 3. The first-order chi connectivity index (χ1) is 67.0. The molecule has 4 amide bonds. The highest BCUT2D eigenvalue weighted by molar-refractivity contribution is 8.05. The normalized spacial score (nSPS) is 19.3. The predicted molar refractivity (Wildman–Crippen MR) is 540 cm³/mol. The molecule has 4 aliphatic carbocycles. The van der Waals surface area contributed by atoms with Crippen LogP contribution in [0, 0.1) is 13.8 Å². The van der Waals surface area contributed by atoms with Crippen LogP contribution in [-0.4, -0.2) is 210 Å². The average molecular weight is 2010 g/mol. The molecule has 8 aliphatic heterocycles. The first-order valence-corrected chi connectivity index (χ1v) is 51.4. The lowest BCUT2D eigenvalue weighted by molar-refractivity contribution is -0.137. The number of fused-ring (bicyclic) bond motifs is 8. The molecule has 0 N–H and O–H groups in total. The maximum absolute atomic E-state index is 13.7. The van der Waals surface area contributed by atoms with Crippen LogP contribution in [0.2, 0.25) is 0 Å². The quantitative estimate of drug-likeness (QED) is 0.117. The van der Waals surface area contributed by atoms with E-state index in [1.165, 1.54) is 89.0 Å². The van der Waals surface area contributed by atoms with E-state index in [0.717, 1.165) is 45.0 Å². The predicted octanol–water partition coefficient (Wildman–Crippen LogP) is 22.9. The van der Waals surface area contributed by atoms with Crippen molar-refractivity contribution in [2.24, 2.45) is 0 Å². The molecule has 0 unspecified atom stereocenters. The Balaban J connectivity index is 0.000000130. The summed E-state index contributed by atoms with van der Waals surface area (Å²) in [6, 6.07) is 52.5. The van der Waals surface area contributed by atoms with Crippen LogP contribution < -0.4 is 0 Å². The van der Waals surface area contributed by atoms with Crippen molar-refractivity contribution in [1.82, 2.24) is 19.6 Å². The fourth-order valence-corrected chi connectivity index (χ4v) is 23.9. The Labute approximate surface area is 839 Å². The van der Waals surface area contributed by atoms with E-state index < -0.39 is 109 Å². The first kappa shape index (κ1) is 101. The number of carbonyl (C=O) groups is 12. The molecule has 0 radical (unpaired) electrons. The van der Waals surface area contributed by atoms with Gasteiger partial charge in [0.15, 0.2) is 0 Å². The number of hydrogen-bond donors (Lipinski definition) is 0. The lowest BCUT2D eigenvalue weighted by Crippen LogP contribution is -2.51. The van der Waals surface area contributed by atoms with Crippen molar-refractivity contribution in [1.29, 1.82) is 0 Å². The van der Waals surface area contributed by atoms with Gasteiger partial charge in [-0.3, -0.25) is 38.4 Å². The van der Waals surface area contributed by atoms with Gasteiger partial charge in [-0.05, 0) is 196 Å². The van der Waals surface area contributed by atoms with Gasteiger partial charge < -0.3 is 57.5 Å². The number of ether oxygens (including phenoxy) is 8. The second-order valence-corrected chi connectivity index (χ2v) is 45.6. The molecule has 12 aliphatic rings. The Morgan fingerprint density at radius 3 is 0.824 bits per heavy atom. The van der Waals surface area contributed by atoms with Crippen LogP contribution in [0.15, 0.2) is 196 Å². The van der Waals surface area contributed by atoms with Crippen molar-refractivity contribution in [3.8, 4) is 44.5 Å². The highest BCUT2D eigenvalue weighted by Crippen LogP contribution is 2.55. The number of carbonyl (C=O) groups excluding carboxylic acids is 12. The van der Waals surface area contributed by atoms with E-state index in [1.54, 1.807) is 58.6 Å². The van der Waals surface area contributed by atoms with Crippen LogP contribution in [0.4, 0.5) is 32.3 Å². The van der Waals surface area contributed by atoms with Crippen molar-refractivity contribution in [3.63, 3.8) is 0 Å². The van der Waals surface area contributed by atoms with Crippen molar-refractivity contribution in [2.75, 3.05) is 75.4 Å². The van der Waals surface area contributed by atoms with Crippen molar-refractivity contribution in [2.45, 2.75) is 199 Å². The molecular weight excluding hydrogens is 1890 g/mol. The van der Waals surface area contributed by atoms with Gasteiger partial charge >= 0.3 is 30.5 Å². The monoisotopic (exact) mass is 2000 g/mol. The van der Waals surface area contributed by atoms with Gasteiger partial charge in [0, 0.05) is 171 Å². The summed E-state index contributed by atoms with van der Waals surface area (Å²) in [6.45, 7) is 30.0. The minimum absolute atomic E-state index is 0.0295. The highest BCUT2D eigenvalue weighted by Gasteiger charge is 2.53. The summed E-state index contributed by atoms with van der Waals surface area (Å²) >= 11 is 5.43. The zero-order valence-electron chi connectivity index (χ0n) is 81.6. The lowest BCUT2D eigenvalue weighted by Gasteiger charge is -2.45. The van der Waals surface area contributed by atoms with Gasteiger partial charge in [0.2, 0.25) is 46.3 Å². The number of alkyl halides is 3. The van der Waals surface area contributed by atoms with Crippen LogP contribution in [0.3, 0.4) is 0 Å². The summed E-state index contributed by atoms with van der Waals surface area (Å²) in [5.41, 5.74) is 6.87. The Morgan fingerprint density at radius 2 is 0.528 bits per heavy atom. The van der Waals surface area contributed by atoms with E-state index in [1.807, 2.05) is 173 Å². The SMILES string of the molecule is CC(C)(C)OC(=O)N1CCC2(CC1)CSC1=C(O2)c2cc(-c3ccccc3)ccc2C(=O)C1=O.CC(C)(C)OC(=O)N1CCC2(CC1)CSC1=C(O2)c2cc(-c3ccccc3C(F)(F)F)ccc2C(=O)C1=O.Cc1ccc(-c2ccc3c(c2)C2=C(SCC4(CCN(C(=O)OC(C)(C)C)CC4)O2)C(=O)C3=O)cc1.Cc1cccc(-c2ccc3c(c2)C2=C(SCC4(CCN(C(=O)OC(C)(C)C)CC4)O2)C(=O)C3=O)c1. The maximum atomic E-state index is 13.7. The maximum Gasteiger partial charge on any atom is 0.417 e. The number of likely N-dealkylation sites (tertiary alicyclic amines) is 4. The van der Waals surface area contributed by atoms with Crippen molar-refractivity contribution in [3.05, 3.63) is 257 Å². The van der Waals surface area contributed by atoms with Crippen molar-refractivity contribution >= 4 is 141 Å². The average Bonchev–Trinajstić information content (AvgIpc) is 0.746. The summed E-state index contributed by atoms with van der Waals surface area (Å²) in [5.74, 6) is -0.492. The Morgan fingerprint density at radius 1 is 0.275 bits per heavy atom. The number of allylic oxidation sites excluding steroid dienone is 4. The molecule has 24 nitrogen and oxygen atoms in total.